The topological polar surface area (TPSA) is 108 Å². The van der Waals surface area contributed by atoms with Crippen LogP contribution in [-0.2, 0) is 4.74 Å². The van der Waals surface area contributed by atoms with Gasteiger partial charge in [0.05, 0.1) is 12.2 Å². The van der Waals surface area contributed by atoms with E-state index in [4.69, 9.17) is 22.7 Å². The lowest BCUT2D eigenvalue weighted by Gasteiger charge is -2.15. The van der Waals surface area contributed by atoms with Crippen molar-refractivity contribution in [1.29, 1.82) is 10.5 Å². The van der Waals surface area contributed by atoms with Gasteiger partial charge in [0, 0.05) is 5.56 Å². The summed E-state index contributed by atoms with van der Waals surface area (Å²) in [6.45, 7) is -1.53. The van der Waals surface area contributed by atoms with Gasteiger partial charge in [-0.1, -0.05) is 24.4 Å². The van der Waals surface area contributed by atoms with Crippen LogP contribution >= 0.6 is 12.2 Å². The van der Waals surface area contributed by atoms with Crippen LogP contribution in [0.15, 0.2) is 24.3 Å². The first-order valence-electron chi connectivity index (χ1n) is 7.40. The highest BCUT2D eigenvalue weighted by Gasteiger charge is 2.17. The molecule has 26 heavy (non-hydrogen) atoms. The lowest BCUT2D eigenvalue weighted by molar-refractivity contribution is -0.142. The number of nitrogens with two attached hydrogens (primary N) is 1. The minimum absolute atomic E-state index is 0.0737. The molecule has 134 valence electrons. The molecular weight excluding hydrogens is 362 g/mol. The average molecular weight is 376 g/mol. The fourth-order valence-corrected chi connectivity index (χ4v) is 2.56. The number of nitrogens with one attached hydrogen (secondary N) is 1. The van der Waals surface area contributed by atoms with E-state index < -0.39 is 12.7 Å². The summed E-state index contributed by atoms with van der Waals surface area (Å²) in [7, 11) is 0. The maximum Gasteiger partial charge on any atom is 0.345 e. The number of hydrogen-bond donors (Lipinski definition) is 2. The van der Waals surface area contributed by atoms with Crippen molar-refractivity contribution >= 4 is 18.0 Å². The molecule has 0 bridgehead atoms. The van der Waals surface area contributed by atoms with Crippen LogP contribution in [0.1, 0.15) is 18.1 Å². The summed E-state index contributed by atoms with van der Waals surface area (Å²) >= 11 is 5.10. The van der Waals surface area contributed by atoms with Crippen molar-refractivity contribution in [2.45, 2.75) is 19.6 Å². The highest BCUT2D eigenvalue weighted by Crippen LogP contribution is 2.31. The van der Waals surface area contributed by atoms with Crippen LogP contribution in [0.4, 0.5) is 14.6 Å². The highest BCUT2D eigenvalue weighted by molar-refractivity contribution is 7.71. The number of hydrogen-bond acceptors (Lipinski definition) is 6. The van der Waals surface area contributed by atoms with E-state index in [0.717, 1.165) is 0 Å². The fraction of sp³-hybridized carbons (Fsp3) is 0.235. The van der Waals surface area contributed by atoms with Gasteiger partial charge in [-0.2, -0.15) is 19.3 Å². The highest BCUT2D eigenvalue weighted by atomic mass is 32.1. The van der Waals surface area contributed by atoms with E-state index in [9.17, 15) is 19.3 Å². The summed E-state index contributed by atoms with van der Waals surface area (Å²) in [6.07, 6.45) is -0.583. The molecule has 1 unspecified atom stereocenters. The Morgan fingerprint density at radius 1 is 1.19 bits per heavy atom. The molecule has 0 saturated heterocycles. The van der Waals surface area contributed by atoms with Gasteiger partial charge in [0.2, 0.25) is 0 Å². The Kier molecular flexibility index (Phi) is 6.23. The number of aromatic amines is 1. The number of anilines is 1. The van der Waals surface area contributed by atoms with E-state index in [1.165, 1.54) is 0 Å². The molecule has 0 amide bonds. The first-order valence-corrected chi connectivity index (χ1v) is 7.81. The van der Waals surface area contributed by atoms with Crippen molar-refractivity contribution in [3.63, 3.8) is 0 Å². The van der Waals surface area contributed by atoms with Crippen molar-refractivity contribution in [1.82, 2.24) is 4.98 Å². The SMILES string of the molecule is CC(COC(F)F)Oc1ccc(-c2c(C#N)c(N)[nH]c(=S)c2C#N)cc1. The van der Waals surface area contributed by atoms with Gasteiger partial charge >= 0.3 is 6.61 Å². The minimum Gasteiger partial charge on any atom is -0.488 e. The maximum atomic E-state index is 12.0. The Morgan fingerprint density at radius 2 is 1.81 bits per heavy atom. The first-order chi connectivity index (χ1) is 12.4. The van der Waals surface area contributed by atoms with E-state index in [1.807, 2.05) is 12.1 Å². The number of aromatic nitrogens is 1. The van der Waals surface area contributed by atoms with Crippen LogP contribution in [0.3, 0.4) is 0 Å². The molecule has 0 spiro atoms. The van der Waals surface area contributed by atoms with Crippen LogP contribution in [0.25, 0.3) is 11.1 Å². The second-order valence-electron chi connectivity index (χ2n) is 5.26. The number of nitrogens with zero attached hydrogens (tertiary/aromatic N) is 2. The molecule has 0 radical (unpaired) electrons. The van der Waals surface area contributed by atoms with Gasteiger partial charge < -0.3 is 20.2 Å². The summed E-state index contributed by atoms with van der Waals surface area (Å²) in [5.41, 5.74) is 6.92. The van der Waals surface area contributed by atoms with Gasteiger partial charge in [0.15, 0.2) is 0 Å². The second kappa shape index (κ2) is 8.39. The quantitative estimate of drug-likeness (QED) is 0.744. The molecular formula is C17H14F2N4O2S. The van der Waals surface area contributed by atoms with Crippen molar-refractivity contribution in [3.05, 3.63) is 40.0 Å². The van der Waals surface area contributed by atoms with Crippen LogP contribution < -0.4 is 10.5 Å². The second-order valence-corrected chi connectivity index (χ2v) is 5.67. The molecule has 1 atom stereocenters. The molecule has 1 heterocycles. The zero-order valence-electron chi connectivity index (χ0n) is 13.6. The number of rotatable bonds is 6. The predicted octanol–water partition coefficient (Wildman–Crippen LogP) is 3.74. The first kappa shape index (κ1) is 19.3. The zero-order valence-corrected chi connectivity index (χ0v) is 14.4. The van der Waals surface area contributed by atoms with E-state index in [0.29, 0.717) is 16.9 Å². The fourth-order valence-electron chi connectivity index (χ4n) is 2.31. The molecule has 0 saturated carbocycles. The molecule has 0 aliphatic rings. The average Bonchev–Trinajstić information content (AvgIpc) is 2.60. The van der Waals surface area contributed by atoms with E-state index in [-0.39, 0.29) is 28.2 Å². The van der Waals surface area contributed by atoms with Crippen LogP contribution in [-0.4, -0.2) is 24.3 Å². The zero-order chi connectivity index (χ0) is 19.3. The van der Waals surface area contributed by atoms with Gasteiger partial charge in [-0.3, -0.25) is 0 Å². The molecule has 6 nitrogen and oxygen atoms in total. The molecule has 0 aliphatic carbocycles. The molecule has 1 aromatic heterocycles. The summed E-state index contributed by atoms with van der Waals surface area (Å²) in [5, 5.41) is 18.7. The van der Waals surface area contributed by atoms with Crippen LogP contribution in [0.2, 0.25) is 0 Å². The number of nitrogen functional groups attached to an aromatic ring is 1. The van der Waals surface area contributed by atoms with Gasteiger partial charge in [-0.15, -0.1) is 0 Å². The number of halogens is 2. The number of pyridine rings is 1. The minimum atomic E-state index is -2.86. The number of nitriles is 2. The molecule has 3 N–H and O–H groups in total. The Balaban J connectivity index is 2.34. The van der Waals surface area contributed by atoms with Gasteiger partial charge in [-0.05, 0) is 24.6 Å². The maximum absolute atomic E-state index is 12.0. The van der Waals surface area contributed by atoms with Crippen LogP contribution in [0, 0.1) is 27.3 Å². The van der Waals surface area contributed by atoms with Gasteiger partial charge in [0.25, 0.3) is 0 Å². The van der Waals surface area contributed by atoms with E-state index >= 15 is 0 Å². The molecule has 2 rings (SSSR count). The third-order valence-electron chi connectivity index (χ3n) is 3.41. The normalized spacial score (nSPS) is 11.6. The molecule has 2 aromatic rings. The van der Waals surface area contributed by atoms with E-state index in [2.05, 4.69) is 9.72 Å². The van der Waals surface area contributed by atoms with Gasteiger partial charge in [0.1, 0.15) is 40.0 Å². The van der Waals surface area contributed by atoms with Crippen molar-refractivity contribution < 1.29 is 18.3 Å². The van der Waals surface area contributed by atoms with Crippen LogP contribution in [0.5, 0.6) is 5.75 Å². The number of ether oxygens (including phenoxy) is 2. The van der Waals surface area contributed by atoms with E-state index in [1.54, 1.807) is 31.2 Å². The standard InChI is InChI=1S/C17H14F2N4O2S/c1-9(8-24-17(18)19)25-11-4-2-10(3-5-11)14-12(6-20)15(22)23-16(26)13(14)7-21/h2-5,9,17H,8H2,1H3,(H3,22,23,26). The largest absolute Gasteiger partial charge is 0.488 e. The third kappa shape index (κ3) is 4.33. The number of H-pyrrole nitrogens is 1. The number of alkyl halides is 2. The Bertz CT molecular complexity index is 930. The Hall–Kier alpha value is -3.01. The molecule has 0 aliphatic heterocycles. The lowest BCUT2D eigenvalue weighted by atomic mass is 9.97. The number of benzene rings is 1. The molecule has 0 fully saturated rings. The predicted molar refractivity (Wildman–Crippen MR) is 93.0 cm³/mol. The van der Waals surface area contributed by atoms with Crippen molar-refractivity contribution in [2.75, 3.05) is 12.3 Å². The van der Waals surface area contributed by atoms with Gasteiger partial charge in [-0.25, -0.2) is 0 Å². The molecule has 9 heteroatoms. The van der Waals surface area contributed by atoms with Crippen molar-refractivity contribution in [3.8, 4) is 29.0 Å². The third-order valence-corrected chi connectivity index (χ3v) is 3.71. The summed E-state index contributed by atoms with van der Waals surface area (Å²) in [4.78, 5) is 2.63. The smallest absolute Gasteiger partial charge is 0.345 e. The monoisotopic (exact) mass is 376 g/mol. The summed E-state index contributed by atoms with van der Waals surface area (Å²) in [5.74, 6) is 0.495. The summed E-state index contributed by atoms with van der Waals surface area (Å²) < 4.78 is 33.9. The Morgan fingerprint density at radius 3 is 2.35 bits per heavy atom. The lowest BCUT2D eigenvalue weighted by Crippen LogP contribution is -2.20. The Labute approximate surface area is 153 Å². The summed E-state index contributed by atoms with van der Waals surface area (Å²) in [6, 6.07) is 10.4. The van der Waals surface area contributed by atoms with Crippen molar-refractivity contribution in [2.24, 2.45) is 0 Å². The molecule has 1 aromatic carbocycles.